The summed E-state index contributed by atoms with van der Waals surface area (Å²) in [5, 5.41) is 13.5. The molecule has 4 rings (SSSR count). The molecule has 0 unspecified atom stereocenters. The Labute approximate surface area is 172 Å². The molecule has 1 amide bonds. The molecule has 0 fully saturated rings. The van der Waals surface area contributed by atoms with Gasteiger partial charge in [-0.1, -0.05) is 35.9 Å². The first kappa shape index (κ1) is 19.0. The third-order valence-electron chi connectivity index (χ3n) is 4.42. The SMILES string of the molecule is O=C(Nc1cc(Cl)ccc1O)c1cccc(S(=O)(=O)n2ccc3ccccc32)c1. The standard InChI is InChI=1S/C21H15ClN2O4S/c22-16-8-9-20(25)18(13-16)23-21(26)15-5-3-6-17(12-15)29(27,28)24-11-10-14-4-1-2-7-19(14)24/h1-13,25H,(H,23,26). The Morgan fingerprint density at radius 1 is 0.966 bits per heavy atom. The van der Waals surface area contributed by atoms with E-state index in [0.717, 1.165) is 5.39 Å². The lowest BCUT2D eigenvalue weighted by Gasteiger charge is -2.11. The minimum atomic E-state index is -3.90. The molecule has 1 heterocycles. The van der Waals surface area contributed by atoms with Gasteiger partial charge in [-0.15, -0.1) is 0 Å². The number of anilines is 1. The monoisotopic (exact) mass is 426 g/mol. The van der Waals surface area contributed by atoms with E-state index in [9.17, 15) is 18.3 Å². The first-order valence-corrected chi connectivity index (χ1v) is 10.4. The Balaban J connectivity index is 1.70. The van der Waals surface area contributed by atoms with Crippen molar-refractivity contribution in [2.75, 3.05) is 5.32 Å². The molecule has 8 heteroatoms. The van der Waals surface area contributed by atoms with Gasteiger partial charge in [0.15, 0.2) is 0 Å². The van der Waals surface area contributed by atoms with Crippen molar-refractivity contribution in [1.29, 1.82) is 0 Å². The smallest absolute Gasteiger partial charge is 0.268 e. The summed E-state index contributed by atoms with van der Waals surface area (Å²) < 4.78 is 27.4. The van der Waals surface area contributed by atoms with Gasteiger partial charge in [0.2, 0.25) is 0 Å². The fourth-order valence-electron chi connectivity index (χ4n) is 2.98. The highest BCUT2D eigenvalue weighted by Crippen LogP contribution is 2.27. The minimum absolute atomic E-state index is 0.0261. The van der Waals surface area contributed by atoms with Crippen LogP contribution in [-0.2, 0) is 10.0 Å². The molecule has 0 atom stereocenters. The van der Waals surface area contributed by atoms with Gasteiger partial charge >= 0.3 is 0 Å². The topological polar surface area (TPSA) is 88.4 Å². The van der Waals surface area contributed by atoms with Crippen molar-refractivity contribution in [2.45, 2.75) is 4.90 Å². The van der Waals surface area contributed by atoms with Gasteiger partial charge in [-0.3, -0.25) is 4.79 Å². The Morgan fingerprint density at radius 3 is 2.59 bits per heavy atom. The van der Waals surface area contributed by atoms with E-state index in [0.29, 0.717) is 10.5 Å². The molecule has 0 saturated carbocycles. The van der Waals surface area contributed by atoms with E-state index in [2.05, 4.69) is 5.32 Å². The first-order valence-electron chi connectivity index (χ1n) is 8.58. The second-order valence-electron chi connectivity index (χ2n) is 6.32. The van der Waals surface area contributed by atoms with E-state index in [1.165, 1.54) is 52.6 Å². The number of para-hydroxylation sites is 1. The summed E-state index contributed by atoms with van der Waals surface area (Å²) in [6, 6.07) is 18.8. The molecular weight excluding hydrogens is 412 g/mol. The molecule has 0 aliphatic carbocycles. The molecule has 0 bridgehead atoms. The first-order chi connectivity index (χ1) is 13.9. The number of halogens is 1. The Bertz CT molecular complexity index is 1350. The van der Waals surface area contributed by atoms with Gasteiger partial charge in [0.25, 0.3) is 15.9 Å². The van der Waals surface area contributed by atoms with E-state index >= 15 is 0 Å². The van der Waals surface area contributed by atoms with Crippen LogP contribution in [0.2, 0.25) is 5.02 Å². The summed E-state index contributed by atoms with van der Waals surface area (Å²) in [5.41, 5.74) is 0.806. The molecule has 0 radical (unpaired) electrons. The quantitative estimate of drug-likeness (QED) is 0.470. The van der Waals surface area contributed by atoms with Crippen molar-refractivity contribution in [2.24, 2.45) is 0 Å². The summed E-state index contributed by atoms with van der Waals surface area (Å²) in [6.45, 7) is 0. The summed E-state index contributed by atoms with van der Waals surface area (Å²) in [5.74, 6) is -0.720. The molecule has 1 aromatic heterocycles. The lowest BCUT2D eigenvalue weighted by atomic mass is 10.2. The summed E-state index contributed by atoms with van der Waals surface area (Å²) in [4.78, 5) is 12.6. The van der Waals surface area contributed by atoms with Crippen LogP contribution in [0.25, 0.3) is 10.9 Å². The maximum absolute atomic E-state index is 13.1. The molecule has 0 aliphatic rings. The fraction of sp³-hybridized carbons (Fsp3) is 0. The van der Waals surface area contributed by atoms with Crippen molar-refractivity contribution < 1.29 is 18.3 Å². The zero-order chi connectivity index (χ0) is 20.6. The molecule has 29 heavy (non-hydrogen) atoms. The number of rotatable bonds is 4. The Kier molecular flexibility index (Phi) is 4.77. The van der Waals surface area contributed by atoms with E-state index in [1.54, 1.807) is 18.2 Å². The van der Waals surface area contributed by atoms with Crippen LogP contribution in [0.3, 0.4) is 0 Å². The maximum atomic E-state index is 13.1. The van der Waals surface area contributed by atoms with Crippen molar-refractivity contribution in [3.8, 4) is 5.75 Å². The van der Waals surface area contributed by atoms with Crippen LogP contribution in [-0.4, -0.2) is 23.4 Å². The molecule has 0 spiro atoms. The largest absolute Gasteiger partial charge is 0.506 e. The minimum Gasteiger partial charge on any atom is -0.506 e. The normalized spacial score (nSPS) is 11.5. The molecule has 146 valence electrons. The summed E-state index contributed by atoms with van der Waals surface area (Å²) in [6.07, 6.45) is 1.48. The highest BCUT2D eigenvalue weighted by Gasteiger charge is 2.20. The predicted octanol–water partition coefficient (Wildman–Crippen LogP) is 4.49. The number of benzene rings is 3. The number of amides is 1. The highest BCUT2D eigenvalue weighted by atomic mass is 35.5. The maximum Gasteiger partial charge on any atom is 0.268 e. The zero-order valence-corrected chi connectivity index (χ0v) is 16.5. The van der Waals surface area contributed by atoms with Crippen molar-refractivity contribution in [3.05, 3.63) is 89.6 Å². The van der Waals surface area contributed by atoms with Crippen LogP contribution in [0, 0.1) is 0 Å². The van der Waals surface area contributed by atoms with E-state index < -0.39 is 15.9 Å². The fourth-order valence-corrected chi connectivity index (χ4v) is 4.55. The van der Waals surface area contributed by atoms with Crippen LogP contribution >= 0.6 is 11.6 Å². The number of phenolic OH excluding ortho intramolecular Hbond substituents is 1. The second kappa shape index (κ2) is 7.27. The summed E-state index contributed by atoms with van der Waals surface area (Å²) in [7, 11) is -3.90. The lowest BCUT2D eigenvalue weighted by Crippen LogP contribution is -2.15. The van der Waals surface area contributed by atoms with Crippen LogP contribution < -0.4 is 5.32 Å². The average molecular weight is 427 g/mol. The van der Waals surface area contributed by atoms with E-state index in [-0.39, 0.29) is 21.9 Å². The van der Waals surface area contributed by atoms with Gasteiger partial charge < -0.3 is 10.4 Å². The molecule has 0 aliphatic heterocycles. The van der Waals surface area contributed by atoms with Gasteiger partial charge in [-0.05, 0) is 48.5 Å². The third-order valence-corrected chi connectivity index (χ3v) is 6.34. The summed E-state index contributed by atoms with van der Waals surface area (Å²) >= 11 is 5.89. The van der Waals surface area contributed by atoms with Gasteiger partial charge in [0.05, 0.1) is 16.1 Å². The zero-order valence-electron chi connectivity index (χ0n) is 14.9. The second-order valence-corrected chi connectivity index (χ2v) is 8.57. The number of phenols is 1. The molecule has 2 N–H and O–H groups in total. The van der Waals surface area contributed by atoms with Crippen LogP contribution in [0.15, 0.2) is 83.9 Å². The van der Waals surface area contributed by atoms with Gasteiger partial charge in [0, 0.05) is 22.2 Å². The molecule has 6 nitrogen and oxygen atoms in total. The van der Waals surface area contributed by atoms with Crippen LogP contribution in [0.4, 0.5) is 5.69 Å². The molecule has 4 aromatic rings. The van der Waals surface area contributed by atoms with Crippen molar-refractivity contribution in [3.63, 3.8) is 0 Å². The molecular formula is C21H15ClN2O4S. The average Bonchev–Trinajstić information content (AvgIpc) is 3.16. The number of aromatic nitrogens is 1. The number of carbonyl (C=O) groups excluding carboxylic acids is 1. The number of nitrogens with one attached hydrogen (secondary N) is 1. The van der Waals surface area contributed by atoms with E-state index in [4.69, 9.17) is 11.6 Å². The number of hydrogen-bond donors (Lipinski definition) is 2. The molecule has 0 saturated heterocycles. The highest BCUT2D eigenvalue weighted by molar-refractivity contribution is 7.90. The number of fused-ring (bicyclic) bond motifs is 1. The van der Waals surface area contributed by atoms with Crippen LogP contribution in [0.5, 0.6) is 5.75 Å². The van der Waals surface area contributed by atoms with Gasteiger partial charge in [-0.2, -0.15) is 0 Å². The van der Waals surface area contributed by atoms with Gasteiger partial charge in [0.1, 0.15) is 5.75 Å². The van der Waals surface area contributed by atoms with Gasteiger partial charge in [-0.25, -0.2) is 12.4 Å². The van der Waals surface area contributed by atoms with Crippen LogP contribution in [0.1, 0.15) is 10.4 Å². The third kappa shape index (κ3) is 3.57. The van der Waals surface area contributed by atoms with E-state index in [1.807, 2.05) is 12.1 Å². The molecule has 3 aromatic carbocycles. The van der Waals surface area contributed by atoms with Crippen molar-refractivity contribution in [1.82, 2.24) is 3.97 Å². The Morgan fingerprint density at radius 2 is 1.76 bits per heavy atom. The number of hydrogen-bond acceptors (Lipinski definition) is 4. The lowest BCUT2D eigenvalue weighted by molar-refractivity contribution is 0.102. The number of aromatic hydroxyl groups is 1. The Hall–Kier alpha value is -3.29. The predicted molar refractivity (Wildman–Crippen MR) is 112 cm³/mol. The number of nitrogens with zero attached hydrogens (tertiary/aromatic N) is 1. The van der Waals surface area contributed by atoms with Crippen molar-refractivity contribution >= 4 is 44.1 Å². The number of carbonyl (C=O) groups is 1.